The van der Waals surface area contributed by atoms with Gasteiger partial charge in [0.25, 0.3) is 0 Å². The lowest BCUT2D eigenvalue weighted by molar-refractivity contribution is 0.185. The van der Waals surface area contributed by atoms with E-state index in [1.54, 1.807) is 18.4 Å². The molecule has 0 atom stereocenters. The molecule has 0 unspecified atom stereocenters. The Morgan fingerprint density at radius 1 is 1.35 bits per heavy atom. The zero-order valence-corrected chi connectivity index (χ0v) is 10.9. The third-order valence-electron chi connectivity index (χ3n) is 2.42. The van der Waals surface area contributed by atoms with E-state index in [0.29, 0.717) is 6.61 Å². The standard InChI is InChI=1S/C13H16N2OS/c1-3-14-13-15-8-12(17-13)11-7-5-4-6-10(11)9-16-2/h4-8H,3,9H2,1-2H3,(H,14,15). The van der Waals surface area contributed by atoms with E-state index < -0.39 is 0 Å². The molecule has 1 aromatic heterocycles. The number of benzene rings is 1. The molecule has 2 rings (SSSR count). The highest BCUT2D eigenvalue weighted by Gasteiger charge is 2.08. The van der Waals surface area contributed by atoms with Gasteiger partial charge in [0.15, 0.2) is 5.13 Å². The highest BCUT2D eigenvalue weighted by atomic mass is 32.1. The van der Waals surface area contributed by atoms with Crippen LogP contribution in [0.15, 0.2) is 30.5 Å². The Kier molecular flexibility index (Phi) is 4.12. The van der Waals surface area contributed by atoms with Crippen LogP contribution in [-0.2, 0) is 11.3 Å². The monoisotopic (exact) mass is 248 g/mol. The van der Waals surface area contributed by atoms with E-state index in [1.807, 2.05) is 18.3 Å². The molecule has 0 aliphatic rings. The number of methoxy groups -OCH3 is 1. The van der Waals surface area contributed by atoms with Gasteiger partial charge < -0.3 is 10.1 Å². The number of rotatable bonds is 5. The van der Waals surface area contributed by atoms with E-state index in [-0.39, 0.29) is 0 Å². The van der Waals surface area contributed by atoms with Crippen LogP contribution >= 0.6 is 11.3 Å². The van der Waals surface area contributed by atoms with Crippen molar-refractivity contribution in [3.63, 3.8) is 0 Å². The van der Waals surface area contributed by atoms with E-state index in [9.17, 15) is 0 Å². The second-order valence-corrected chi connectivity index (χ2v) is 4.68. The van der Waals surface area contributed by atoms with E-state index in [0.717, 1.165) is 11.7 Å². The zero-order chi connectivity index (χ0) is 12.1. The van der Waals surface area contributed by atoms with Gasteiger partial charge in [-0.2, -0.15) is 0 Å². The van der Waals surface area contributed by atoms with Crippen LogP contribution in [0.2, 0.25) is 0 Å². The summed E-state index contributed by atoms with van der Waals surface area (Å²) >= 11 is 1.67. The fourth-order valence-electron chi connectivity index (χ4n) is 1.67. The van der Waals surface area contributed by atoms with Gasteiger partial charge >= 0.3 is 0 Å². The summed E-state index contributed by atoms with van der Waals surface area (Å²) in [6.07, 6.45) is 1.91. The molecule has 0 aliphatic carbocycles. The van der Waals surface area contributed by atoms with Crippen molar-refractivity contribution in [1.82, 2.24) is 4.98 Å². The molecule has 0 fully saturated rings. The van der Waals surface area contributed by atoms with Crippen molar-refractivity contribution in [2.45, 2.75) is 13.5 Å². The molecule has 1 heterocycles. The Morgan fingerprint density at radius 2 is 2.18 bits per heavy atom. The Labute approximate surface area is 105 Å². The van der Waals surface area contributed by atoms with Gasteiger partial charge in [-0.3, -0.25) is 0 Å². The minimum atomic E-state index is 0.630. The Morgan fingerprint density at radius 3 is 2.94 bits per heavy atom. The molecular formula is C13H16N2OS. The summed E-state index contributed by atoms with van der Waals surface area (Å²) in [5.41, 5.74) is 2.40. The predicted octanol–water partition coefficient (Wildman–Crippen LogP) is 3.39. The van der Waals surface area contributed by atoms with Gasteiger partial charge in [-0.1, -0.05) is 35.6 Å². The van der Waals surface area contributed by atoms with Crippen LogP contribution in [0.3, 0.4) is 0 Å². The third-order valence-corrected chi connectivity index (χ3v) is 3.40. The molecule has 90 valence electrons. The third kappa shape index (κ3) is 2.84. The van der Waals surface area contributed by atoms with Crippen LogP contribution < -0.4 is 5.32 Å². The molecule has 1 aromatic carbocycles. The summed E-state index contributed by atoms with van der Waals surface area (Å²) in [5.74, 6) is 0. The number of ether oxygens (including phenoxy) is 1. The Balaban J connectivity index is 2.31. The van der Waals surface area contributed by atoms with E-state index in [1.165, 1.54) is 16.0 Å². The molecule has 2 aromatic rings. The first-order valence-corrected chi connectivity index (χ1v) is 6.43. The second kappa shape index (κ2) is 5.80. The molecule has 0 amide bonds. The summed E-state index contributed by atoms with van der Waals surface area (Å²) in [6.45, 7) is 3.59. The average molecular weight is 248 g/mol. The highest BCUT2D eigenvalue weighted by Crippen LogP contribution is 2.31. The first kappa shape index (κ1) is 12.1. The molecule has 0 spiro atoms. The highest BCUT2D eigenvalue weighted by molar-refractivity contribution is 7.18. The quantitative estimate of drug-likeness (QED) is 0.880. The van der Waals surface area contributed by atoms with Crippen LogP contribution in [-0.4, -0.2) is 18.6 Å². The molecule has 0 bridgehead atoms. The number of anilines is 1. The minimum Gasteiger partial charge on any atom is -0.380 e. The van der Waals surface area contributed by atoms with Crippen molar-refractivity contribution < 1.29 is 4.74 Å². The lowest BCUT2D eigenvalue weighted by Gasteiger charge is -2.05. The fraction of sp³-hybridized carbons (Fsp3) is 0.308. The van der Waals surface area contributed by atoms with Gasteiger partial charge in [0.05, 0.1) is 11.5 Å². The molecule has 17 heavy (non-hydrogen) atoms. The number of hydrogen-bond acceptors (Lipinski definition) is 4. The van der Waals surface area contributed by atoms with E-state index >= 15 is 0 Å². The number of thiazole rings is 1. The van der Waals surface area contributed by atoms with Crippen LogP contribution in [0, 0.1) is 0 Å². The minimum absolute atomic E-state index is 0.630. The van der Waals surface area contributed by atoms with Crippen LogP contribution in [0.5, 0.6) is 0 Å². The van der Waals surface area contributed by atoms with Crippen molar-refractivity contribution in [3.05, 3.63) is 36.0 Å². The van der Waals surface area contributed by atoms with Crippen molar-refractivity contribution in [1.29, 1.82) is 0 Å². The SMILES string of the molecule is CCNc1ncc(-c2ccccc2COC)s1. The summed E-state index contributed by atoms with van der Waals surface area (Å²) < 4.78 is 5.21. The first-order valence-electron chi connectivity index (χ1n) is 5.62. The van der Waals surface area contributed by atoms with Gasteiger partial charge in [0.1, 0.15) is 0 Å². The van der Waals surface area contributed by atoms with Crippen molar-refractivity contribution >= 4 is 16.5 Å². The molecular weight excluding hydrogens is 232 g/mol. The molecule has 0 saturated carbocycles. The molecule has 1 N–H and O–H groups in total. The van der Waals surface area contributed by atoms with Crippen molar-refractivity contribution in [2.75, 3.05) is 19.0 Å². The average Bonchev–Trinajstić information content (AvgIpc) is 2.79. The van der Waals surface area contributed by atoms with E-state index in [4.69, 9.17) is 4.74 Å². The van der Waals surface area contributed by atoms with Gasteiger partial charge in [-0.05, 0) is 18.1 Å². The van der Waals surface area contributed by atoms with E-state index in [2.05, 4.69) is 29.4 Å². The lowest BCUT2D eigenvalue weighted by Crippen LogP contribution is -1.94. The maximum Gasteiger partial charge on any atom is 0.183 e. The summed E-state index contributed by atoms with van der Waals surface area (Å²) in [4.78, 5) is 5.52. The van der Waals surface area contributed by atoms with Crippen molar-refractivity contribution in [3.8, 4) is 10.4 Å². The fourth-order valence-corrected chi connectivity index (χ4v) is 2.62. The number of hydrogen-bond donors (Lipinski definition) is 1. The van der Waals surface area contributed by atoms with Gasteiger partial charge in [0.2, 0.25) is 0 Å². The maximum absolute atomic E-state index is 5.21. The normalized spacial score (nSPS) is 10.5. The largest absolute Gasteiger partial charge is 0.380 e. The van der Waals surface area contributed by atoms with Crippen molar-refractivity contribution in [2.24, 2.45) is 0 Å². The molecule has 0 radical (unpaired) electrons. The molecule has 4 heteroatoms. The second-order valence-electron chi connectivity index (χ2n) is 3.65. The van der Waals surface area contributed by atoms with Crippen LogP contribution in [0.4, 0.5) is 5.13 Å². The number of nitrogens with one attached hydrogen (secondary N) is 1. The predicted molar refractivity (Wildman–Crippen MR) is 72.4 cm³/mol. The summed E-state index contributed by atoms with van der Waals surface area (Å²) in [5, 5.41) is 4.19. The Bertz CT molecular complexity index is 482. The molecule has 0 saturated heterocycles. The summed E-state index contributed by atoms with van der Waals surface area (Å²) in [7, 11) is 1.72. The van der Waals surface area contributed by atoms with Crippen LogP contribution in [0.1, 0.15) is 12.5 Å². The maximum atomic E-state index is 5.21. The smallest absolute Gasteiger partial charge is 0.183 e. The van der Waals surface area contributed by atoms with Gasteiger partial charge in [-0.15, -0.1) is 0 Å². The number of aromatic nitrogens is 1. The first-order chi connectivity index (χ1) is 8.35. The summed E-state index contributed by atoms with van der Waals surface area (Å²) in [6, 6.07) is 8.27. The lowest BCUT2D eigenvalue weighted by atomic mass is 10.1. The Hall–Kier alpha value is -1.39. The molecule has 3 nitrogen and oxygen atoms in total. The zero-order valence-electron chi connectivity index (χ0n) is 10.1. The topological polar surface area (TPSA) is 34.2 Å². The van der Waals surface area contributed by atoms with Gasteiger partial charge in [-0.25, -0.2) is 4.98 Å². The molecule has 0 aliphatic heterocycles. The number of nitrogens with zero attached hydrogens (tertiary/aromatic N) is 1. The van der Waals surface area contributed by atoms with Crippen LogP contribution in [0.25, 0.3) is 10.4 Å². The van der Waals surface area contributed by atoms with Gasteiger partial charge in [0, 0.05) is 19.9 Å².